The molecule has 110 valence electrons. The van der Waals surface area contributed by atoms with Crippen molar-refractivity contribution in [3.05, 3.63) is 84.3 Å². The van der Waals surface area contributed by atoms with Crippen LogP contribution in [-0.4, -0.2) is 4.98 Å². The lowest BCUT2D eigenvalue weighted by Gasteiger charge is -2.06. The lowest BCUT2D eigenvalue weighted by molar-refractivity contribution is -0.671. The average Bonchev–Trinajstić information content (AvgIpc) is 2.60. The molecule has 0 radical (unpaired) electrons. The van der Waals surface area contributed by atoms with Gasteiger partial charge in [-0.15, -0.1) is 0 Å². The molecule has 0 bridgehead atoms. The molecule has 4 aromatic rings. The van der Waals surface area contributed by atoms with Gasteiger partial charge in [0, 0.05) is 22.4 Å². The van der Waals surface area contributed by atoms with Crippen molar-refractivity contribution in [1.82, 2.24) is 4.98 Å². The third kappa shape index (κ3) is 2.59. The summed E-state index contributed by atoms with van der Waals surface area (Å²) in [5.74, 6) is 0. The second kappa shape index (κ2) is 5.65. The van der Waals surface area contributed by atoms with Gasteiger partial charge in [-0.3, -0.25) is 0 Å². The number of aryl methyl sites for hydroxylation is 1. The molecule has 0 saturated heterocycles. The Morgan fingerprint density at radius 3 is 2.35 bits per heavy atom. The quantitative estimate of drug-likeness (QED) is 0.396. The minimum Gasteiger partial charge on any atom is -0.248 e. The number of rotatable bonds is 2. The Kier molecular flexibility index (Phi) is 3.35. The maximum absolute atomic E-state index is 4.85. The summed E-state index contributed by atoms with van der Waals surface area (Å²) in [5.41, 5.74) is 3.20. The molecule has 2 heteroatoms. The summed E-state index contributed by atoms with van der Waals surface area (Å²) in [7, 11) is 2.03. The third-order valence-corrected chi connectivity index (χ3v) is 4.03. The molecule has 4 rings (SSSR count). The van der Waals surface area contributed by atoms with Crippen LogP contribution in [0.15, 0.2) is 73.1 Å². The smallest absolute Gasteiger partial charge is 0.175 e. The first-order chi connectivity index (χ1) is 11.3. The number of benzene rings is 2. The zero-order chi connectivity index (χ0) is 15.6. The molecule has 0 N–H and O–H groups in total. The monoisotopic (exact) mass is 297 g/mol. The highest BCUT2D eigenvalue weighted by Gasteiger charge is 2.05. The average molecular weight is 297 g/mol. The first-order valence-corrected chi connectivity index (χ1v) is 7.72. The van der Waals surface area contributed by atoms with Crippen molar-refractivity contribution in [2.24, 2.45) is 7.05 Å². The molecule has 0 fully saturated rings. The Hall–Kier alpha value is -3.00. The summed E-state index contributed by atoms with van der Waals surface area (Å²) < 4.78 is 2.05. The molecule has 2 aromatic carbocycles. The minimum absolute atomic E-state index is 1.01. The van der Waals surface area contributed by atoms with Gasteiger partial charge in [0.05, 0.1) is 11.2 Å². The molecule has 0 atom stereocenters. The Bertz CT molecular complexity index is 1030. The lowest BCUT2D eigenvalue weighted by Crippen LogP contribution is -2.26. The van der Waals surface area contributed by atoms with Crippen molar-refractivity contribution in [2.45, 2.75) is 0 Å². The van der Waals surface area contributed by atoms with Gasteiger partial charge in [0.1, 0.15) is 7.05 Å². The van der Waals surface area contributed by atoms with Crippen LogP contribution in [0.25, 0.3) is 33.8 Å². The molecule has 0 saturated carbocycles. The molecule has 2 heterocycles. The van der Waals surface area contributed by atoms with Crippen molar-refractivity contribution in [1.29, 1.82) is 0 Å². The number of nitrogens with zero attached hydrogens (tertiary/aromatic N) is 2. The summed E-state index contributed by atoms with van der Waals surface area (Å²) in [6, 6.07) is 20.9. The maximum atomic E-state index is 4.85. The van der Waals surface area contributed by atoms with Crippen molar-refractivity contribution in [3.63, 3.8) is 0 Å². The van der Waals surface area contributed by atoms with Crippen LogP contribution in [-0.2, 0) is 7.05 Å². The molecule has 0 spiro atoms. The highest BCUT2D eigenvalue weighted by Crippen LogP contribution is 2.27. The molecule has 23 heavy (non-hydrogen) atoms. The third-order valence-electron chi connectivity index (χ3n) is 4.03. The van der Waals surface area contributed by atoms with E-state index in [2.05, 4.69) is 66.9 Å². The largest absolute Gasteiger partial charge is 0.248 e. The normalized spacial score (nSPS) is 11.5. The fourth-order valence-corrected chi connectivity index (χ4v) is 2.94. The van der Waals surface area contributed by atoms with Crippen molar-refractivity contribution in [2.75, 3.05) is 0 Å². The van der Waals surface area contributed by atoms with E-state index >= 15 is 0 Å². The first-order valence-electron chi connectivity index (χ1n) is 7.72. The number of hydrogen-bond donors (Lipinski definition) is 0. The first kappa shape index (κ1) is 13.6. The SMILES string of the molecule is C[n+]1cccc(/C=C/c2nc3ccccc3c3ccccc23)c1. The molecule has 0 amide bonds. The Morgan fingerprint density at radius 2 is 1.52 bits per heavy atom. The van der Waals surface area contributed by atoms with Crippen LogP contribution in [0.1, 0.15) is 11.3 Å². The highest BCUT2D eigenvalue weighted by atomic mass is 14.9. The van der Waals surface area contributed by atoms with Crippen LogP contribution in [0.4, 0.5) is 0 Å². The highest BCUT2D eigenvalue weighted by molar-refractivity contribution is 6.08. The van der Waals surface area contributed by atoms with Gasteiger partial charge < -0.3 is 0 Å². The van der Waals surface area contributed by atoms with E-state index in [1.165, 1.54) is 16.2 Å². The van der Waals surface area contributed by atoms with Crippen LogP contribution in [0, 0.1) is 0 Å². The van der Waals surface area contributed by atoms with E-state index < -0.39 is 0 Å². The summed E-state index contributed by atoms with van der Waals surface area (Å²) >= 11 is 0. The van der Waals surface area contributed by atoms with E-state index in [9.17, 15) is 0 Å². The molecule has 0 aliphatic carbocycles. The fraction of sp³-hybridized carbons (Fsp3) is 0.0476. The number of fused-ring (bicyclic) bond motifs is 3. The lowest BCUT2D eigenvalue weighted by atomic mass is 10.0. The van der Waals surface area contributed by atoms with Gasteiger partial charge in [-0.25, -0.2) is 9.55 Å². The number of hydrogen-bond acceptors (Lipinski definition) is 1. The molecule has 0 aliphatic rings. The molecule has 0 aliphatic heterocycles. The van der Waals surface area contributed by atoms with E-state index in [1.807, 2.05) is 29.9 Å². The number of pyridine rings is 2. The van der Waals surface area contributed by atoms with E-state index in [-0.39, 0.29) is 0 Å². The van der Waals surface area contributed by atoms with Gasteiger partial charge in [-0.1, -0.05) is 42.5 Å². The van der Waals surface area contributed by atoms with E-state index in [0.717, 1.165) is 16.8 Å². The maximum Gasteiger partial charge on any atom is 0.175 e. The minimum atomic E-state index is 1.01. The van der Waals surface area contributed by atoms with Crippen LogP contribution in [0.5, 0.6) is 0 Å². The van der Waals surface area contributed by atoms with E-state index in [4.69, 9.17) is 4.98 Å². The second-order valence-corrected chi connectivity index (χ2v) is 5.70. The molecule has 0 unspecified atom stereocenters. The van der Waals surface area contributed by atoms with Crippen LogP contribution >= 0.6 is 0 Å². The van der Waals surface area contributed by atoms with Crippen molar-refractivity contribution >= 4 is 33.8 Å². The summed E-state index contributed by atoms with van der Waals surface area (Å²) in [4.78, 5) is 4.85. The van der Waals surface area contributed by atoms with Crippen molar-refractivity contribution in [3.8, 4) is 0 Å². The topological polar surface area (TPSA) is 16.8 Å². The summed E-state index contributed by atoms with van der Waals surface area (Å²) in [6.07, 6.45) is 8.34. The standard InChI is InChI=1S/C21H17N2/c1-23-14-6-7-16(15-23)12-13-21-19-9-3-2-8-17(19)18-10-4-5-11-20(18)22-21/h2-15H,1H3/q+1/b13-12+. The number of aromatic nitrogens is 2. The fourth-order valence-electron chi connectivity index (χ4n) is 2.94. The molecule has 2 aromatic heterocycles. The van der Waals surface area contributed by atoms with Gasteiger partial charge >= 0.3 is 0 Å². The van der Waals surface area contributed by atoms with E-state index in [0.29, 0.717) is 0 Å². The molecular formula is C21H17N2+. The molecular weight excluding hydrogens is 280 g/mol. The van der Waals surface area contributed by atoms with Crippen LogP contribution in [0.3, 0.4) is 0 Å². The Morgan fingerprint density at radius 1 is 0.783 bits per heavy atom. The molecule has 2 nitrogen and oxygen atoms in total. The summed E-state index contributed by atoms with van der Waals surface area (Å²) in [5, 5.41) is 3.63. The predicted molar refractivity (Wildman–Crippen MR) is 95.8 cm³/mol. The zero-order valence-corrected chi connectivity index (χ0v) is 13.0. The Balaban J connectivity index is 1.91. The van der Waals surface area contributed by atoms with Crippen molar-refractivity contribution < 1.29 is 4.57 Å². The van der Waals surface area contributed by atoms with Gasteiger partial charge in [0.2, 0.25) is 0 Å². The van der Waals surface area contributed by atoms with Gasteiger partial charge in [0.25, 0.3) is 0 Å². The summed E-state index contributed by atoms with van der Waals surface area (Å²) in [6.45, 7) is 0. The predicted octanol–water partition coefficient (Wildman–Crippen LogP) is 4.38. The number of para-hydroxylation sites is 1. The van der Waals surface area contributed by atoms with Gasteiger partial charge in [-0.2, -0.15) is 0 Å². The zero-order valence-electron chi connectivity index (χ0n) is 13.0. The van der Waals surface area contributed by atoms with Crippen LogP contribution < -0.4 is 4.57 Å². The Labute approximate surface area is 135 Å². The van der Waals surface area contributed by atoms with Gasteiger partial charge in [-0.05, 0) is 29.7 Å². The van der Waals surface area contributed by atoms with Gasteiger partial charge in [0.15, 0.2) is 12.4 Å². The van der Waals surface area contributed by atoms with E-state index in [1.54, 1.807) is 0 Å². The second-order valence-electron chi connectivity index (χ2n) is 5.70. The van der Waals surface area contributed by atoms with Crippen LogP contribution in [0.2, 0.25) is 0 Å².